The second kappa shape index (κ2) is 5.02. The monoisotopic (exact) mass is 277 g/mol. The summed E-state index contributed by atoms with van der Waals surface area (Å²) in [6.45, 7) is 4.00. The third-order valence-electron chi connectivity index (χ3n) is 3.46. The van der Waals surface area contributed by atoms with Gasteiger partial charge in [0.05, 0.1) is 5.56 Å². The normalized spacial score (nSPS) is 10.8. The molecule has 1 N–H and O–H groups in total. The van der Waals surface area contributed by atoms with E-state index in [1.54, 1.807) is 0 Å². The molecule has 0 fully saturated rings. The molecule has 0 aliphatic heterocycles. The molecule has 3 aromatic rings. The zero-order chi connectivity index (χ0) is 15.0. The fraction of sp³-hybridized carbons (Fsp3) is 0.111. The van der Waals surface area contributed by atoms with Crippen molar-refractivity contribution in [2.24, 2.45) is 0 Å². The molecule has 104 valence electrons. The van der Waals surface area contributed by atoms with Gasteiger partial charge in [-0.3, -0.25) is 9.59 Å². The molecule has 3 aromatic carbocycles. The minimum Gasteiger partial charge on any atom is -0.352 e. The van der Waals surface area contributed by atoms with Gasteiger partial charge in [0, 0.05) is 5.69 Å². The number of anilines is 2. The zero-order valence-electron chi connectivity index (χ0n) is 11.9. The SMILES string of the molecule is Cc1cc(C)cc(Nc2c(-c3ccccc3)c(=O)c2=O)c1. The van der Waals surface area contributed by atoms with E-state index in [1.165, 1.54) is 0 Å². The van der Waals surface area contributed by atoms with Crippen LogP contribution in [0.25, 0.3) is 11.1 Å². The number of rotatable bonds is 3. The highest BCUT2D eigenvalue weighted by Crippen LogP contribution is 2.26. The van der Waals surface area contributed by atoms with Crippen LogP contribution in [0.1, 0.15) is 11.1 Å². The van der Waals surface area contributed by atoms with E-state index in [4.69, 9.17) is 0 Å². The van der Waals surface area contributed by atoms with Crippen LogP contribution < -0.4 is 16.2 Å². The van der Waals surface area contributed by atoms with Crippen LogP contribution in [0.3, 0.4) is 0 Å². The molecular weight excluding hydrogens is 262 g/mol. The van der Waals surface area contributed by atoms with Crippen LogP contribution in [-0.2, 0) is 0 Å². The summed E-state index contributed by atoms with van der Waals surface area (Å²) in [6, 6.07) is 15.2. The van der Waals surface area contributed by atoms with Gasteiger partial charge in [-0.25, -0.2) is 0 Å². The number of aryl methyl sites for hydroxylation is 2. The molecular formula is C18H15NO2. The van der Waals surface area contributed by atoms with Crippen molar-refractivity contribution in [3.8, 4) is 11.1 Å². The van der Waals surface area contributed by atoms with Gasteiger partial charge < -0.3 is 5.32 Å². The van der Waals surface area contributed by atoms with E-state index in [1.807, 2.05) is 56.3 Å². The van der Waals surface area contributed by atoms with Crippen molar-refractivity contribution in [1.82, 2.24) is 0 Å². The number of hydrogen-bond donors (Lipinski definition) is 1. The Kier molecular flexibility index (Phi) is 3.18. The lowest BCUT2D eigenvalue weighted by molar-refractivity contribution is 1.34. The average Bonchev–Trinajstić information content (AvgIpc) is 2.46. The molecule has 3 nitrogen and oxygen atoms in total. The fourth-order valence-electron chi connectivity index (χ4n) is 2.58. The average molecular weight is 277 g/mol. The molecule has 0 spiro atoms. The molecule has 0 atom stereocenters. The molecule has 3 heteroatoms. The lowest BCUT2D eigenvalue weighted by Crippen LogP contribution is -2.35. The molecule has 0 bridgehead atoms. The van der Waals surface area contributed by atoms with Crippen LogP contribution >= 0.6 is 0 Å². The molecule has 0 saturated heterocycles. The first kappa shape index (κ1) is 13.3. The first-order valence-electron chi connectivity index (χ1n) is 6.80. The van der Waals surface area contributed by atoms with E-state index >= 15 is 0 Å². The molecule has 0 unspecified atom stereocenters. The Bertz CT molecular complexity index is 852. The van der Waals surface area contributed by atoms with Crippen LogP contribution in [-0.4, -0.2) is 0 Å². The van der Waals surface area contributed by atoms with Crippen LogP contribution in [0.15, 0.2) is 58.1 Å². The summed E-state index contributed by atoms with van der Waals surface area (Å²) in [5.41, 5.74) is 3.80. The Balaban J connectivity index is 2.03. The van der Waals surface area contributed by atoms with Crippen LogP contribution in [0, 0.1) is 13.8 Å². The van der Waals surface area contributed by atoms with Crippen molar-refractivity contribution in [3.63, 3.8) is 0 Å². The van der Waals surface area contributed by atoms with Gasteiger partial charge >= 0.3 is 0 Å². The van der Waals surface area contributed by atoms with Crippen LogP contribution in [0.5, 0.6) is 0 Å². The van der Waals surface area contributed by atoms with Gasteiger partial charge in [-0.1, -0.05) is 36.4 Å². The number of nitrogens with one attached hydrogen (secondary N) is 1. The Labute approximate surface area is 122 Å². The maximum absolute atomic E-state index is 11.8. The van der Waals surface area contributed by atoms with Gasteiger partial charge in [-0.05, 0) is 42.7 Å². The fourth-order valence-corrected chi connectivity index (χ4v) is 2.58. The van der Waals surface area contributed by atoms with Crippen molar-refractivity contribution < 1.29 is 0 Å². The van der Waals surface area contributed by atoms with Gasteiger partial charge in [0.25, 0.3) is 5.43 Å². The van der Waals surface area contributed by atoms with Gasteiger partial charge in [-0.15, -0.1) is 0 Å². The number of hydrogen-bond acceptors (Lipinski definition) is 3. The molecule has 0 aliphatic carbocycles. The summed E-state index contributed by atoms with van der Waals surface area (Å²) < 4.78 is 0. The Hall–Kier alpha value is -2.68. The molecule has 3 rings (SSSR count). The summed E-state index contributed by atoms with van der Waals surface area (Å²) in [6.07, 6.45) is 0. The second-order valence-corrected chi connectivity index (χ2v) is 5.28. The molecule has 0 saturated carbocycles. The third-order valence-corrected chi connectivity index (χ3v) is 3.46. The van der Waals surface area contributed by atoms with Crippen LogP contribution in [0.2, 0.25) is 0 Å². The summed E-state index contributed by atoms with van der Waals surface area (Å²) in [4.78, 5) is 23.7. The topological polar surface area (TPSA) is 46.2 Å². The maximum atomic E-state index is 11.8. The van der Waals surface area contributed by atoms with Crippen molar-refractivity contribution in [3.05, 3.63) is 80.1 Å². The predicted molar refractivity (Wildman–Crippen MR) is 86.0 cm³/mol. The molecule has 0 aromatic heterocycles. The summed E-state index contributed by atoms with van der Waals surface area (Å²) in [5, 5.41) is 3.10. The van der Waals surface area contributed by atoms with E-state index in [0.717, 1.165) is 22.4 Å². The first-order valence-corrected chi connectivity index (χ1v) is 6.80. The van der Waals surface area contributed by atoms with Crippen molar-refractivity contribution in [2.45, 2.75) is 13.8 Å². The van der Waals surface area contributed by atoms with Crippen molar-refractivity contribution in [2.75, 3.05) is 5.32 Å². The van der Waals surface area contributed by atoms with Crippen molar-refractivity contribution >= 4 is 11.4 Å². The zero-order valence-corrected chi connectivity index (χ0v) is 11.9. The Morgan fingerprint density at radius 1 is 0.810 bits per heavy atom. The lowest BCUT2D eigenvalue weighted by Gasteiger charge is -2.14. The highest BCUT2D eigenvalue weighted by molar-refractivity contribution is 5.84. The minimum absolute atomic E-state index is 0.385. The van der Waals surface area contributed by atoms with E-state index in [2.05, 4.69) is 11.4 Å². The summed E-state index contributed by atoms with van der Waals surface area (Å²) in [5.74, 6) is 0. The summed E-state index contributed by atoms with van der Waals surface area (Å²) in [7, 11) is 0. The van der Waals surface area contributed by atoms with Gasteiger partial charge in [0.1, 0.15) is 5.69 Å². The largest absolute Gasteiger partial charge is 0.352 e. The third kappa shape index (κ3) is 2.38. The Morgan fingerprint density at radius 2 is 1.43 bits per heavy atom. The molecule has 0 heterocycles. The summed E-state index contributed by atoms with van der Waals surface area (Å²) >= 11 is 0. The number of benzene rings is 2. The maximum Gasteiger partial charge on any atom is 0.250 e. The second-order valence-electron chi connectivity index (χ2n) is 5.28. The Morgan fingerprint density at radius 3 is 2.05 bits per heavy atom. The smallest absolute Gasteiger partial charge is 0.250 e. The van der Waals surface area contributed by atoms with E-state index in [-0.39, 0.29) is 0 Å². The molecule has 0 radical (unpaired) electrons. The van der Waals surface area contributed by atoms with Crippen LogP contribution in [0.4, 0.5) is 11.4 Å². The van der Waals surface area contributed by atoms with Gasteiger partial charge in [0.15, 0.2) is 0 Å². The van der Waals surface area contributed by atoms with Crippen molar-refractivity contribution in [1.29, 1.82) is 0 Å². The standard InChI is InChI=1S/C18H15NO2/c1-11-8-12(2)10-14(9-11)19-16-15(17(20)18(16)21)13-6-4-3-5-7-13/h3-10,19H,1-2H3. The van der Waals surface area contributed by atoms with E-state index in [0.29, 0.717) is 11.3 Å². The minimum atomic E-state index is -0.451. The van der Waals surface area contributed by atoms with Gasteiger partial charge in [-0.2, -0.15) is 0 Å². The van der Waals surface area contributed by atoms with Gasteiger partial charge in [0.2, 0.25) is 5.43 Å². The quantitative estimate of drug-likeness (QED) is 0.747. The molecule has 0 aliphatic rings. The molecule has 21 heavy (non-hydrogen) atoms. The van der Waals surface area contributed by atoms with E-state index in [9.17, 15) is 9.59 Å². The predicted octanol–water partition coefficient (Wildman–Crippen LogP) is 3.31. The molecule has 0 amide bonds. The van der Waals surface area contributed by atoms with E-state index < -0.39 is 10.9 Å². The lowest BCUT2D eigenvalue weighted by atomic mass is 9.98. The highest BCUT2D eigenvalue weighted by atomic mass is 16.2. The first-order chi connectivity index (χ1) is 10.1. The highest BCUT2D eigenvalue weighted by Gasteiger charge is 2.22.